The van der Waals surface area contributed by atoms with Gasteiger partial charge in [0, 0.05) is 25.0 Å². The summed E-state index contributed by atoms with van der Waals surface area (Å²) in [5.74, 6) is -0.239. The molecule has 0 aliphatic carbocycles. The van der Waals surface area contributed by atoms with E-state index in [0.717, 1.165) is 0 Å². The van der Waals surface area contributed by atoms with Crippen molar-refractivity contribution in [2.45, 2.75) is 18.4 Å². The molecule has 1 aliphatic heterocycles. The second-order valence-electron chi connectivity index (χ2n) is 4.87. The number of nitrogens with zero attached hydrogens (tertiary/aromatic N) is 1. The molecule has 0 radical (unpaired) electrons. The van der Waals surface area contributed by atoms with E-state index < -0.39 is 10.5 Å². The van der Waals surface area contributed by atoms with Crippen LogP contribution in [0.3, 0.4) is 0 Å². The van der Waals surface area contributed by atoms with Crippen LogP contribution in [0.2, 0.25) is 0 Å². The van der Waals surface area contributed by atoms with Gasteiger partial charge in [0.25, 0.3) is 0 Å². The largest absolute Gasteiger partial charge is 0.490 e. The minimum atomic E-state index is -1.01. The number of nitrogens with two attached hydrogens (primary N) is 1. The van der Waals surface area contributed by atoms with Crippen molar-refractivity contribution in [3.8, 4) is 5.75 Å². The van der Waals surface area contributed by atoms with Gasteiger partial charge in [0.05, 0.1) is 12.0 Å². The predicted octanol–water partition coefficient (Wildman–Crippen LogP) is 1.05. The number of nitrogens with one attached hydrogen (secondary N) is 1. The molecule has 8 heteroatoms. The Morgan fingerprint density at radius 1 is 1.48 bits per heavy atom. The molecule has 1 heterocycles. The second kappa shape index (κ2) is 6.06. The van der Waals surface area contributed by atoms with Gasteiger partial charge in [-0.25, -0.2) is 0 Å². The Kier molecular flexibility index (Phi) is 4.39. The molecule has 21 heavy (non-hydrogen) atoms. The second-order valence-corrected chi connectivity index (χ2v) is 4.87. The van der Waals surface area contributed by atoms with Gasteiger partial charge < -0.3 is 20.5 Å². The highest BCUT2D eigenvalue weighted by Gasteiger charge is 2.36. The zero-order chi connectivity index (χ0) is 15.5. The summed E-state index contributed by atoms with van der Waals surface area (Å²) in [6, 6.07) is 4.22. The highest BCUT2D eigenvalue weighted by atomic mass is 16.6. The molecule has 0 atom stereocenters. The maximum absolute atomic E-state index is 12.2. The molecule has 0 aromatic heterocycles. The van der Waals surface area contributed by atoms with E-state index in [9.17, 15) is 14.9 Å². The van der Waals surface area contributed by atoms with Gasteiger partial charge in [-0.2, -0.15) is 0 Å². The van der Waals surface area contributed by atoms with Crippen molar-refractivity contribution in [1.82, 2.24) is 0 Å². The maximum atomic E-state index is 12.2. The van der Waals surface area contributed by atoms with E-state index in [1.807, 2.05) is 0 Å². The Balaban J connectivity index is 2.17. The quantitative estimate of drug-likeness (QED) is 0.633. The standard InChI is InChI=1S/C13H17N3O5/c1-20-11-3-2-9(8-10(11)16(18)19)15-12(17)13(14)4-6-21-7-5-13/h2-3,8H,4-7,14H2,1H3,(H,15,17). The molecule has 3 N–H and O–H groups in total. The molecule has 1 fully saturated rings. The fourth-order valence-corrected chi connectivity index (χ4v) is 2.13. The molecular formula is C13H17N3O5. The lowest BCUT2D eigenvalue weighted by molar-refractivity contribution is -0.385. The SMILES string of the molecule is COc1ccc(NC(=O)C2(N)CCOCC2)cc1[N+](=O)[O-]. The molecule has 0 unspecified atom stereocenters. The van der Waals surface area contributed by atoms with Crippen LogP contribution >= 0.6 is 0 Å². The van der Waals surface area contributed by atoms with Crippen LogP contribution in [0.5, 0.6) is 5.75 Å². The molecule has 0 saturated carbocycles. The summed E-state index contributed by atoms with van der Waals surface area (Å²) in [6.07, 6.45) is 0.828. The topological polar surface area (TPSA) is 117 Å². The van der Waals surface area contributed by atoms with Crippen LogP contribution in [-0.4, -0.2) is 36.7 Å². The smallest absolute Gasteiger partial charge is 0.312 e. The van der Waals surface area contributed by atoms with Crippen LogP contribution in [0.15, 0.2) is 18.2 Å². The van der Waals surface area contributed by atoms with Crippen LogP contribution in [0.1, 0.15) is 12.8 Å². The first-order valence-electron chi connectivity index (χ1n) is 6.47. The van der Waals surface area contributed by atoms with E-state index >= 15 is 0 Å². The molecule has 1 amide bonds. The molecule has 0 spiro atoms. The minimum absolute atomic E-state index is 0.131. The molecule has 1 aromatic carbocycles. The van der Waals surface area contributed by atoms with Crippen molar-refractivity contribution >= 4 is 17.3 Å². The van der Waals surface area contributed by atoms with Crippen molar-refractivity contribution in [1.29, 1.82) is 0 Å². The highest BCUT2D eigenvalue weighted by Crippen LogP contribution is 2.30. The number of methoxy groups -OCH3 is 1. The average molecular weight is 295 g/mol. The lowest BCUT2D eigenvalue weighted by Crippen LogP contribution is -2.54. The minimum Gasteiger partial charge on any atom is -0.490 e. The molecular weight excluding hydrogens is 278 g/mol. The van der Waals surface area contributed by atoms with Crippen molar-refractivity contribution in [3.05, 3.63) is 28.3 Å². The van der Waals surface area contributed by atoms with Crippen LogP contribution in [-0.2, 0) is 9.53 Å². The fourth-order valence-electron chi connectivity index (χ4n) is 2.13. The third kappa shape index (κ3) is 3.29. The number of ether oxygens (including phenoxy) is 2. The first kappa shape index (κ1) is 15.2. The van der Waals surface area contributed by atoms with Crippen molar-refractivity contribution in [2.75, 3.05) is 25.6 Å². The summed E-state index contributed by atoms with van der Waals surface area (Å²) >= 11 is 0. The first-order valence-corrected chi connectivity index (χ1v) is 6.47. The third-order valence-electron chi connectivity index (χ3n) is 3.47. The summed E-state index contributed by atoms with van der Waals surface area (Å²) in [7, 11) is 1.34. The maximum Gasteiger partial charge on any atom is 0.312 e. The number of hydrogen-bond donors (Lipinski definition) is 2. The predicted molar refractivity (Wildman–Crippen MR) is 75.2 cm³/mol. The van der Waals surface area contributed by atoms with Gasteiger partial charge in [-0.05, 0) is 25.0 Å². The van der Waals surface area contributed by atoms with E-state index in [1.165, 1.54) is 25.3 Å². The number of carbonyl (C=O) groups is 1. The van der Waals surface area contributed by atoms with E-state index in [2.05, 4.69) is 5.32 Å². The van der Waals surface area contributed by atoms with Crippen LogP contribution < -0.4 is 15.8 Å². The molecule has 8 nitrogen and oxygen atoms in total. The number of hydrogen-bond acceptors (Lipinski definition) is 6. The van der Waals surface area contributed by atoms with E-state index in [4.69, 9.17) is 15.2 Å². The molecule has 1 aliphatic rings. The molecule has 0 bridgehead atoms. The molecule has 2 rings (SSSR count). The van der Waals surface area contributed by atoms with Crippen molar-refractivity contribution < 1.29 is 19.2 Å². The summed E-state index contributed by atoms with van der Waals surface area (Å²) in [6.45, 7) is 0.847. The number of anilines is 1. The number of nitro benzene ring substituents is 1. The zero-order valence-electron chi connectivity index (χ0n) is 11.6. The Bertz CT molecular complexity index is 555. The van der Waals surface area contributed by atoms with Crippen LogP contribution in [0.25, 0.3) is 0 Å². The van der Waals surface area contributed by atoms with Gasteiger partial charge in [0.2, 0.25) is 5.91 Å². The Hall–Kier alpha value is -2.19. The summed E-state index contributed by atoms with van der Waals surface area (Å²) in [5, 5.41) is 13.6. The number of rotatable bonds is 4. The third-order valence-corrected chi connectivity index (χ3v) is 3.47. The lowest BCUT2D eigenvalue weighted by atomic mass is 9.90. The average Bonchev–Trinajstić information content (AvgIpc) is 2.47. The Morgan fingerprint density at radius 2 is 2.14 bits per heavy atom. The molecule has 114 valence electrons. The van der Waals surface area contributed by atoms with E-state index in [0.29, 0.717) is 31.7 Å². The highest BCUT2D eigenvalue weighted by molar-refractivity contribution is 5.98. The number of benzene rings is 1. The monoisotopic (exact) mass is 295 g/mol. The summed E-state index contributed by atoms with van der Waals surface area (Å²) in [5.41, 5.74) is 5.14. The Morgan fingerprint density at radius 3 is 2.71 bits per heavy atom. The Labute approximate surface area is 121 Å². The fraction of sp³-hybridized carbons (Fsp3) is 0.462. The van der Waals surface area contributed by atoms with Gasteiger partial charge in [0.15, 0.2) is 5.75 Å². The van der Waals surface area contributed by atoms with Crippen LogP contribution in [0.4, 0.5) is 11.4 Å². The zero-order valence-corrected chi connectivity index (χ0v) is 11.6. The van der Waals surface area contributed by atoms with Gasteiger partial charge in [-0.1, -0.05) is 0 Å². The van der Waals surface area contributed by atoms with Gasteiger partial charge >= 0.3 is 5.69 Å². The van der Waals surface area contributed by atoms with E-state index in [1.54, 1.807) is 0 Å². The van der Waals surface area contributed by atoms with Crippen molar-refractivity contribution in [2.24, 2.45) is 5.73 Å². The normalized spacial score (nSPS) is 17.0. The van der Waals surface area contributed by atoms with Gasteiger partial charge in [-0.3, -0.25) is 14.9 Å². The van der Waals surface area contributed by atoms with Gasteiger partial charge in [0.1, 0.15) is 5.54 Å². The van der Waals surface area contributed by atoms with E-state index in [-0.39, 0.29) is 17.3 Å². The first-order chi connectivity index (χ1) is 9.96. The number of nitro groups is 1. The van der Waals surface area contributed by atoms with Crippen molar-refractivity contribution in [3.63, 3.8) is 0 Å². The number of carbonyl (C=O) groups excluding carboxylic acids is 1. The number of amides is 1. The summed E-state index contributed by atoms with van der Waals surface area (Å²) in [4.78, 5) is 22.6. The lowest BCUT2D eigenvalue weighted by Gasteiger charge is -2.31. The van der Waals surface area contributed by atoms with Crippen LogP contribution in [0, 0.1) is 10.1 Å². The molecule has 1 saturated heterocycles. The van der Waals surface area contributed by atoms with Gasteiger partial charge in [-0.15, -0.1) is 0 Å². The molecule has 1 aromatic rings. The summed E-state index contributed by atoms with van der Waals surface area (Å²) < 4.78 is 10.1.